The standard InChI is InChI=1S/C17H26ClN/c1-17(2,3)10-9-14(12-19-16-7-8-16)13-5-4-6-15(18)11-13/h4-6,11,14,16,19H,7-10,12H2,1-3H3. The van der Waals surface area contributed by atoms with Gasteiger partial charge in [-0.1, -0.05) is 44.5 Å². The Bertz CT molecular complexity index is 404. The lowest BCUT2D eigenvalue weighted by Gasteiger charge is -2.24. The van der Waals surface area contributed by atoms with Crippen molar-refractivity contribution in [2.75, 3.05) is 6.54 Å². The van der Waals surface area contributed by atoms with Gasteiger partial charge < -0.3 is 5.32 Å². The van der Waals surface area contributed by atoms with Crippen molar-refractivity contribution in [1.82, 2.24) is 5.32 Å². The van der Waals surface area contributed by atoms with E-state index in [0.717, 1.165) is 17.6 Å². The van der Waals surface area contributed by atoms with E-state index in [0.29, 0.717) is 11.3 Å². The number of benzene rings is 1. The van der Waals surface area contributed by atoms with E-state index in [1.165, 1.54) is 31.2 Å². The van der Waals surface area contributed by atoms with Crippen molar-refractivity contribution in [2.24, 2.45) is 5.41 Å². The highest BCUT2D eigenvalue weighted by Crippen LogP contribution is 2.30. The minimum Gasteiger partial charge on any atom is -0.313 e. The smallest absolute Gasteiger partial charge is 0.0408 e. The Labute approximate surface area is 122 Å². The lowest BCUT2D eigenvalue weighted by Crippen LogP contribution is -2.24. The molecule has 0 aliphatic heterocycles. The molecule has 0 spiro atoms. The molecular formula is C17H26ClN. The molecule has 0 bridgehead atoms. The first-order valence-electron chi connectivity index (χ1n) is 7.43. The van der Waals surface area contributed by atoms with Gasteiger partial charge in [0.25, 0.3) is 0 Å². The Morgan fingerprint density at radius 3 is 2.63 bits per heavy atom. The molecule has 2 heteroatoms. The van der Waals surface area contributed by atoms with Crippen LogP contribution in [0.1, 0.15) is 57.9 Å². The number of nitrogens with one attached hydrogen (secondary N) is 1. The Morgan fingerprint density at radius 1 is 1.32 bits per heavy atom. The maximum Gasteiger partial charge on any atom is 0.0408 e. The molecule has 1 N–H and O–H groups in total. The monoisotopic (exact) mass is 279 g/mol. The molecule has 1 fully saturated rings. The zero-order valence-electron chi connectivity index (χ0n) is 12.4. The van der Waals surface area contributed by atoms with Gasteiger partial charge in [0, 0.05) is 17.6 Å². The van der Waals surface area contributed by atoms with Crippen LogP contribution in [0.3, 0.4) is 0 Å². The first-order chi connectivity index (χ1) is 8.94. The van der Waals surface area contributed by atoms with E-state index in [4.69, 9.17) is 11.6 Å². The summed E-state index contributed by atoms with van der Waals surface area (Å²) in [7, 11) is 0. The molecule has 1 aliphatic carbocycles. The summed E-state index contributed by atoms with van der Waals surface area (Å²) in [5.41, 5.74) is 1.78. The summed E-state index contributed by atoms with van der Waals surface area (Å²) in [5, 5.41) is 4.52. The average Bonchev–Trinajstić information content (AvgIpc) is 3.11. The highest BCUT2D eigenvalue weighted by Gasteiger charge is 2.23. The van der Waals surface area contributed by atoms with Gasteiger partial charge in [0.15, 0.2) is 0 Å². The summed E-state index contributed by atoms with van der Waals surface area (Å²) < 4.78 is 0. The molecule has 0 saturated heterocycles. The SMILES string of the molecule is CC(C)(C)CCC(CNC1CC1)c1cccc(Cl)c1. The van der Waals surface area contributed by atoms with Crippen LogP contribution in [0.4, 0.5) is 0 Å². The maximum atomic E-state index is 6.13. The van der Waals surface area contributed by atoms with Crippen LogP contribution < -0.4 is 5.32 Å². The quantitative estimate of drug-likeness (QED) is 0.772. The van der Waals surface area contributed by atoms with Gasteiger partial charge in [-0.2, -0.15) is 0 Å². The van der Waals surface area contributed by atoms with Crippen LogP contribution in [0.2, 0.25) is 5.02 Å². The van der Waals surface area contributed by atoms with Gasteiger partial charge >= 0.3 is 0 Å². The highest BCUT2D eigenvalue weighted by atomic mass is 35.5. The fourth-order valence-corrected chi connectivity index (χ4v) is 2.55. The predicted molar refractivity (Wildman–Crippen MR) is 83.9 cm³/mol. The molecule has 1 saturated carbocycles. The van der Waals surface area contributed by atoms with Gasteiger partial charge in [0.1, 0.15) is 0 Å². The Hall–Kier alpha value is -0.530. The largest absolute Gasteiger partial charge is 0.313 e. The second-order valence-corrected chi connectivity index (χ2v) is 7.47. The van der Waals surface area contributed by atoms with Crippen LogP contribution in [0.15, 0.2) is 24.3 Å². The molecule has 19 heavy (non-hydrogen) atoms. The van der Waals surface area contributed by atoms with Crippen molar-refractivity contribution in [3.05, 3.63) is 34.9 Å². The van der Waals surface area contributed by atoms with Gasteiger partial charge in [-0.05, 0) is 54.7 Å². The van der Waals surface area contributed by atoms with Gasteiger partial charge in [-0.3, -0.25) is 0 Å². The molecule has 1 atom stereocenters. The third-order valence-electron chi connectivity index (χ3n) is 3.79. The first kappa shape index (κ1) is 14.9. The number of halogens is 1. The zero-order valence-corrected chi connectivity index (χ0v) is 13.1. The summed E-state index contributed by atoms with van der Waals surface area (Å²) in [6.07, 6.45) is 5.17. The van der Waals surface area contributed by atoms with E-state index in [1.807, 2.05) is 6.07 Å². The molecule has 1 unspecified atom stereocenters. The highest BCUT2D eigenvalue weighted by molar-refractivity contribution is 6.30. The van der Waals surface area contributed by atoms with Crippen molar-refractivity contribution in [3.63, 3.8) is 0 Å². The summed E-state index contributed by atoms with van der Waals surface area (Å²) in [6.45, 7) is 8.03. The predicted octanol–water partition coefficient (Wildman–Crippen LogP) is 5.00. The molecule has 0 radical (unpaired) electrons. The van der Waals surface area contributed by atoms with Crippen molar-refractivity contribution in [1.29, 1.82) is 0 Å². The van der Waals surface area contributed by atoms with E-state index >= 15 is 0 Å². The van der Waals surface area contributed by atoms with E-state index < -0.39 is 0 Å². The van der Waals surface area contributed by atoms with E-state index in [-0.39, 0.29) is 0 Å². The van der Waals surface area contributed by atoms with E-state index in [1.54, 1.807) is 0 Å². The zero-order chi connectivity index (χ0) is 13.9. The summed E-state index contributed by atoms with van der Waals surface area (Å²) in [4.78, 5) is 0. The van der Waals surface area contributed by atoms with Crippen molar-refractivity contribution < 1.29 is 0 Å². The molecule has 1 aliphatic rings. The minimum absolute atomic E-state index is 0.399. The Balaban J connectivity index is 1.99. The third kappa shape index (κ3) is 5.54. The second-order valence-electron chi connectivity index (χ2n) is 7.03. The fraction of sp³-hybridized carbons (Fsp3) is 0.647. The van der Waals surface area contributed by atoms with Crippen LogP contribution in [-0.4, -0.2) is 12.6 Å². The second kappa shape index (κ2) is 6.28. The van der Waals surface area contributed by atoms with Gasteiger partial charge in [-0.15, -0.1) is 0 Å². The van der Waals surface area contributed by atoms with Crippen molar-refractivity contribution in [3.8, 4) is 0 Å². The maximum absolute atomic E-state index is 6.13. The molecule has 1 aromatic carbocycles. The molecule has 0 aromatic heterocycles. The molecule has 1 nitrogen and oxygen atoms in total. The normalized spacial score (nSPS) is 17.5. The Kier molecular flexibility index (Phi) is 4.92. The van der Waals surface area contributed by atoms with Gasteiger partial charge in [0.05, 0.1) is 0 Å². The molecular weight excluding hydrogens is 254 g/mol. The summed E-state index contributed by atoms with van der Waals surface area (Å²) in [6, 6.07) is 9.15. The lowest BCUT2D eigenvalue weighted by molar-refractivity contribution is 0.344. The Morgan fingerprint density at radius 2 is 2.05 bits per heavy atom. The van der Waals surface area contributed by atoms with Crippen molar-refractivity contribution >= 4 is 11.6 Å². The molecule has 0 amide bonds. The average molecular weight is 280 g/mol. The van der Waals surface area contributed by atoms with Crippen LogP contribution in [0, 0.1) is 5.41 Å². The van der Waals surface area contributed by atoms with Crippen LogP contribution in [-0.2, 0) is 0 Å². The number of hydrogen-bond donors (Lipinski definition) is 1. The van der Waals surface area contributed by atoms with Crippen LogP contribution >= 0.6 is 11.6 Å². The molecule has 2 rings (SSSR count). The first-order valence-corrected chi connectivity index (χ1v) is 7.81. The van der Waals surface area contributed by atoms with Crippen molar-refractivity contribution in [2.45, 2.75) is 58.4 Å². The summed E-state index contributed by atoms with van der Waals surface area (Å²) >= 11 is 6.13. The minimum atomic E-state index is 0.399. The van der Waals surface area contributed by atoms with E-state index in [9.17, 15) is 0 Å². The lowest BCUT2D eigenvalue weighted by atomic mass is 9.84. The van der Waals surface area contributed by atoms with Gasteiger partial charge in [0.2, 0.25) is 0 Å². The molecule has 0 heterocycles. The van der Waals surface area contributed by atoms with Gasteiger partial charge in [-0.25, -0.2) is 0 Å². The number of rotatable bonds is 6. The molecule has 1 aromatic rings. The van der Waals surface area contributed by atoms with E-state index in [2.05, 4.69) is 44.3 Å². The van der Waals surface area contributed by atoms with Crippen LogP contribution in [0.25, 0.3) is 0 Å². The van der Waals surface area contributed by atoms with Crippen LogP contribution in [0.5, 0.6) is 0 Å². The topological polar surface area (TPSA) is 12.0 Å². The fourth-order valence-electron chi connectivity index (χ4n) is 2.35. The number of hydrogen-bond acceptors (Lipinski definition) is 1. The third-order valence-corrected chi connectivity index (χ3v) is 4.03. The summed E-state index contributed by atoms with van der Waals surface area (Å²) in [5.74, 6) is 0.582. The molecule has 106 valence electrons.